The SMILES string of the molecule is CC(C)Oc1ccc(C[C@@H](CC(=O)[O-])C(=O)[O-])cc1. The molecule has 104 valence electrons. The second kappa shape index (κ2) is 6.78. The van der Waals surface area contributed by atoms with E-state index < -0.39 is 24.3 Å². The molecule has 0 radical (unpaired) electrons. The molecule has 0 fully saturated rings. The van der Waals surface area contributed by atoms with Crippen molar-refractivity contribution in [1.29, 1.82) is 0 Å². The van der Waals surface area contributed by atoms with Gasteiger partial charge in [0.2, 0.25) is 0 Å². The van der Waals surface area contributed by atoms with Gasteiger partial charge in [0, 0.05) is 17.9 Å². The quantitative estimate of drug-likeness (QED) is 0.663. The van der Waals surface area contributed by atoms with E-state index in [4.69, 9.17) is 4.74 Å². The molecule has 5 nitrogen and oxygen atoms in total. The second-order valence-corrected chi connectivity index (χ2v) is 4.61. The second-order valence-electron chi connectivity index (χ2n) is 4.61. The van der Waals surface area contributed by atoms with E-state index in [9.17, 15) is 19.8 Å². The third-order valence-electron chi connectivity index (χ3n) is 2.52. The Bertz CT molecular complexity index is 436. The molecule has 1 rings (SSSR count). The first-order chi connectivity index (χ1) is 8.88. The summed E-state index contributed by atoms with van der Waals surface area (Å²) in [6.45, 7) is 3.81. The fourth-order valence-corrected chi connectivity index (χ4v) is 1.70. The highest BCUT2D eigenvalue weighted by Gasteiger charge is 2.11. The number of aliphatic carboxylic acids is 2. The standard InChI is InChI=1S/C14H18O5/c1-9(2)19-12-5-3-10(4-6-12)7-11(14(17)18)8-13(15)16/h3-6,9,11H,7-8H2,1-2H3,(H,15,16)(H,17,18)/p-2/t11-/m0/s1. The number of ether oxygens (including phenoxy) is 1. The normalized spacial score (nSPS) is 12.2. The smallest absolute Gasteiger partial charge is 0.119 e. The maximum absolute atomic E-state index is 10.8. The van der Waals surface area contributed by atoms with E-state index in [1.807, 2.05) is 13.8 Å². The first-order valence-electron chi connectivity index (χ1n) is 6.04. The Morgan fingerprint density at radius 3 is 2.16 bits per heavy atom. The van der Waals surface area contributed by atoms with Gasteiger partial charge in [0.05, 0.1) is 6.10 Å². The summed E-state index contributed by atoms with van der Waals surface area (Å²) in [4.78, 5) is 21.3. The summed E-state index contributed by atoms with van der Waals surface area (Å²) in [7, 11) is 0. The molecular weight excluding hydrogens is 248 g/mol. The molecule has 0 heterocycles. The number of carbonyl (C=O) groups excluding carboxylic acids is 2. The van der Waals surface area contributed by atoms with Crippen molar-refractivity contribution in [2.45, 2.75) is 32.8 Å². The molecule has 0 saturated carbocycles. The van der Waals surface area contributed by atoms with Gasteiger partial charge in [0.15, 0.2) is 0 Å². The van der Waals surface area contributed by atoms with E-state index in [2.05, 4.69) is 0 Å². The summed E-state index contributed by atoms with van der Waals surface area (Å²) >= 11 is 0. The van der Waals surface area contributed by atoms with E-state index in [-0.39, 0.29) is 12.5 Å². The Hall–Kier alpha value is -2.04. The van der Waals surface area contributed by atoms with E-state index in [0.717, 1.165) is 0 Å². The summed E-state index contributed by atoms with van der Waals surface area (Å²) in [5.74, 6) is -3.17. The molecule has 0 aromatic heterocycles. The zero-order valence-electron chi connectivity index (χ0n) is 10.9. The lowest BCUT2D eigenvalue weighted by Crippen LogP contribution is -2.37. The van der Waals surface area contributed by atoms with Crippen LogP contribution >= 0.6 is 0 Å². The Kier molecular flexibility index (Phi) is 5.36. The lowest BCUT2D eigenvalue weighted by molar-refractivity contribution is -0.320. The average Bonchev–Trinajstić information content (AvgIpc) is 2.29. The fourth-order valence-electron chi connectivity index (χ4n) is 1.70. The Labute approximate surface area is 111 Å². The summed E-state index contributed by atoms with van der Waals surface area (Å²) < 4.78 is 5.45. The van der Waals surface area contributed by atoms with Gasteiger partial charge in [-0.25, -0.2) is 0 Å². The highest BCUT2D eigenvalue weighted by molar-refractivity contribution is 5.75. The number of carbonyl (C=O) groups is 2. The average molecular weight is 264 g/mol. The highest BCUT2D eigenvalue weighted by atomic mass is 16.5. The van der Waals surface area contributed by atoms with Crippen LogP contribution in [0, 0.1) is 5.92 Å². The molecule has 1 aromatic rings. The van der Waals surface area contributed by atoms with Gasteiger partial charge in [-0.05, 0) is 44.4 Å². The topological polar surface area (TPSA) is 89.5 Å². The number of hydrogen-bond donors (Lipinski definition) is 0. The molecule has 0 unspecified atom stereocenters. The minimum absolute atomic E-state index is 0.0555. The first kappa shape index (κ1) is 15.0. The van der Waals surface area contributed by atoms with E-state index in [1.165, 1.54) is 0 Å². The largest absolute Gasteiger partial charge is 0.550 e. The first-order valence-corrected chi connectivity index (χ1v) is 6.04. The number of hydrogen-bond acceptors (Lipinski definition) is 5. The van der Waals surface area contributed by atoms with Gasteiger partial charge in [0.1, 0.15) is 5.75 Å². The predicted molar refractivity (Wildman–Crippen MR) is 64.0 cm³/mol. The van der Waals surface area contributed by atoms with Gasteiger partial charge >= 0.3 is 0 Å². The molecule has 5 heteroatoms. The van der Waals surface area contributed by atoms with Crippen molar-refractivity contribution < 1.29 is 24.5 Å². The molecule has 0 aliphatic rings. The Balaban J connectivity index is 2.69. The molecule has 1 atom stereocenters. The lowest BCUT2D eigenvalue weighted by atomic mass is 9.96. The van der Waals surface area contributed by atoms with Crippen molar-refractivity contribution in [3.8, 4) is 5.75 Å². The molecule has 0 spiro atoms. The number of benzene rings is 1. The van der Waals surface area contributed by atoms with Crippen LogP contribution < -0.4 is 14.9 Å². The molecule has 0 saturated heterocycles. The van der Waals surface area contributed by atoms with Crippen molar-refractivity contribution in [2.75, 3.05) is 0 Å². The molecule has 0 bridgehead atoms. The summed E-state index contributed by atoms with van der Waals surface area (Å²) in [6, 6.07) is 6.87. The molecule has 0 aliphatic carbocycles. The van der Waals surface area contributed by atoms with Crippen molar-refractivity contribution in [3.63, 3.8) is 0 Å². The fraction of sp³-hybridized carbons (Fsp3) is 0.429. The summed E-state index contributed by atoms with van der Waals surface area (Å²) in [6.07, 6.45) is -0.398. The van der Waals surface area contributed by atoms with Gasteiger partial charge in [-0.3, -0.25) is 0 Å². The molecule has 19 heavy (non-hydrogen) atoms. The van der Waals surface area contributed by atoms with Crippen LogP contribution in [0.5, 0.6) is 5.75 Å². The summed E-state index contributed by atoms with van der Waals surface area (Å²) in [5, 5.41) is 21.3. The molecule has 1 aromatic carbocycles. The third kappa shape index (κ3) is 5.42. The highest BCUT2D eigenvalue weighted by Crippen LogP contribution is 2.17. The minimum Gasteiger partial charge on any atom is -0.550 e. The van der Waals surface area contributed by atoms with E-state index in [0.29, 0.717) is 11.3 Å². The van der Waals surface area contributed by atoms with Crippen LogP contribution in [0.4, 0.5) is 0 Å². The van der Waals surface area contributed by atoms with Crippen LogP contribution in [-0.2, 0) is 16.0 Å². The summed E-state index contributed by atoms with van der Waals surface area (Å²) in [5.41, 5.74) is 0.714. The van der Waals surface area contributed by atoms with Crippen molar-refractivity contribution in [2.24, 2.45) is 5.92 Å². The zero-order valence-corrected chi connectivity index (χ0v) is 10.9. The minimum atomic E-state index is -1.39. The van der Waals surface area contributed by atoms with Gasteiger partial charge < -0.3 is 24.5 Å². The van der Waals surface area contributed by atoms with Gasteiger partial charge in [-0.1, -0.05) is 12.1 Å². The Morgan fingerprint density at radius 2 is 1.74 bits per heavy atom. The molecule has 0 amide bonds. The van der Waals surface area contributed by atoms with Crippen LogP contribution in [0.2, 0.25) is 0 Å². The van der Waals surface area contributed by atoms with Crippen LogP contribution in [0.1, 0.15) is 25.8 Å². The van der Waals surface area contributed by atoms with Crippen LogP contribution in [0.15, 0.2) is 24.3 Å². The molecule has 0 aliphatic heterocycles. The number of carboxylic acids is 2. The van der Waals surface area contributed by atoms with Gasteiger partial charge in [-0.2, -0.15) is 0 Å². The van der Waals surface area contributed by atoms with Crippen LogP contribution in [0.3, 0.4) is 0 Å². The molecule has 0 N–H and O–H groups in total. The van der Waals surface area contributed by atoms with Crippen LogP contribution in [-0.4, -0.2) is 18.0 Å². The van der Waals surface area contributed by atoms with Crippen molar-refractivity contribution >= 4 is 11.9 Å². The third-order valence-corrected chi connectivity index (χ3v) is 2.52. The van der Waals surface area contributed by atoms with E-state index in [1.54, 1.807) is 24.3 Å². The van der Waals surface area contributed by atoms with E-state index >= 15 is 0 Å². The number of rotatable bonds is 7. The lowest BCUT2D eigenvalue weighted by Gasteiger charge is -2.18. The predicted octanol–water partition coefficient (Wildman–Crippen LogP) is -0.478. The Morgan fingerprint density at radius 1 is 1.16 bits per heavy atom. The van der Waals surface area contributed by atoms with Crippen molar-refractivity contribution in [3.05, 3.63) is 29.8 Å². The van der Waals surface area contributed by atoms with Crippen molar-refractivity contribution in [1.82, 2.24) is 0 Å². The zero-order chi connectivity index (χ0) is 14.4. The maximum atomic E-state index is 10.8. The van der Waals surface area contributed by atoms with Gasteiger partial charge in [-0.15, -0.1) is 0 Å². The molecular formula is C14H16O5-2. The maximum Gasteiger partial charge on any atom is 0.119 e. The van der Waals surface area contributed by atoms with Gasteiger partial charge in [0.25, 0.3) is 0 Å². The van der Waals surface area contributed by atoms with Crippen LogP contribution in [0.25, 0.3) is 0 Å². The number of carboxylic acid groups (broad SMARTS) is 2. The monoisotopic (exact) mass is 264 g/mol.